The predicted octanol–water partition coefficient (Wildman–Crippen LogP) is 0.350. The summed E-state index contributed by atoms with van der Waals surface area (Å²) in [6.45, 7) is 7.50. The summed E-state index contributed by atoms with van der Waals surface area (Å²) in [7, 11) is 0. The second-order valence-corrected chi connectivity index (χ2v) is 11.5. The first-order valence-electron chi connectivity index (χ1n) is 14.1. The Kier molecular flexibility index (Phi) is 10.8. The third kappa shape index (κ3) is 8.51. The summed E-state index contributed by atoms with van der Waals surface area (Å²) in [5.74, 6) is -4.79. The quantitative estimate of drug-likeness (QED) is 0.314. The Labute approximate surface area is 240 Å². The molecule has 0 radical (unpaired) electrons. The summed E-state index contributed by atoms with van der Waals surface area (Å²) in [5.41, 5.74) is 0.727. The smallest absolute Gasteiger partial charge is 0.305 e. The molecule has 2 fully saturated rings. The lowest BCUT2D eigenvalue weighted by molar-refractivity contribution is -0.146. The fraction of sp³-hybridized carbons (Fsp3) is 0.586. The third-order valence-electron chi connectivity index (χ3n) is 7.33. The van der Waals surface area contributed by atoms with E-state index in [1.165, 1.54) is 4.90 Å². The van der Waals surface area contributed by atoms with Crippen LogP contribution in [0.2, 0.25) is 0 Å². The molecule has 1 aromatic carbocycles. The number of carboxylic acids is 1. The van der Waals surface area contributed by atoms with E-state index in [4.69, 9.17) is 0 Å². The Morgan fingerprint density at radius 3 is 2.07 bits per heavy atom. The molecule has 0 aliphatic carbocycles. The minimum Gasteiger partial charge on any atom is -0.481 e. The van der Waals surface area contributed by atoms with Crippen LogP contribution in [0.3, 0.4) is 0 Å². The topological polar surface area (TPSA) is 174 Å². The van der Waals surface area contributed by atoms with Crippen molar-refractivity contribution in [1.29, 1.82) is 0 Å². The summed E-state index contributed by atoms with van der Waals surface area (Å²) in [4.78, 5) is 80.4. The highest BCUT2D eigenvalue weighted by atomic mass is 16.4. The molecular weight excluding hydrogens is 530 g/mol. The zero-order chi connectivity index (χ0) is 30.3. The van der Waals surface area contributed by atoms with Gasteiger partial charge in [0.05, 0.1) is 6.42 Å². The minimum absolute atomic E-state index is 0.00578. The molecule has 2 saturated heterocycles. The first-order valence-corrected chi connectivity index (χ1v) is 14.1. The van der Waals surface area contributed by atoms with Crippen LogP contribution in [-0.2, 0) is 35.2 Å². The Bertz CT molecular complexity index is 1140. The summed E-state index contributed by atoms with van der Waals surface area (Å²) < 4.78 is 0. The van der Waals surface area contributed by atoms with Crippen molar-refractivity contribution in [1.82, 2.24) is 26.2 Å². The maximum Gasteiger partial charge on any atom is 0.305 e. The fourth-order valence-corrected chi connectivity index (χ4v) is 5.23. The molecule has 2 aliphatic heterocycles. The number of fused-ring (bicyclic) bond motifs is 1. The summed E-state index contributed by atoms with van der Waals surface area (Å²) in [6, 6.07) is 3.39. The molecule has 0 aromatic heterocycles. The van der Waals surface area contributed by atoms with Crippen LogP contribution in [0, 0.1) is 11.8 Å². The standard InChI is InChI=1S/C29H41N5O7/c1-16(2)13-19-25(37)30-20(14-18-9-6-5-7-10-18)26(38)32-21(15-23(35)36)29(41)34-12-8-11-22(34)27(39)33-24(17(3)4)28(40)31-19/h5-7,9-10,16-17,19-22,24H,8,11-15H2,1-4H3,(H,30,37)(H,31,40)(H,32,38)(H,33,39)(H,35,36)/t19-,20+,21+,22-,24+/m0/s1. The average molecular weight is 572 g/mol. The number of nitrogens with one attached hydrogen (secondary N) is 4. The number of hydrogen-bond acceptors (Lipinski definition) is 6. The normalized spacial score (nSPS) is 26.4. The number of nitrogens with zero attached hydrogens (tertiary/aromatic N) is 1. The van der Waals surface area contributed by atoms with Gasteiger partial charge in [-0.15, -0.1) is 0 Å². The molecule has 0 unspecified atom stereocenters. The number of carbonyl (C=O) groups excluding carboxylic acids is 5. The predicted molar refractivity (Wildman–Crippen MR) is 149 cm³/mol. The third-order valence-corrected chi connectivity index (χ3v) is 7.33. The molecule has 5 atom stereocenters. The molecule has 0 bridgehead atoms. The van der Waals surface area contributed by atoms with Gasteiger partial charge in [0.15, 0.2) is 0 Å². The number of carbonyl (C=O) groups is 6. The van der Waals surface area contributed by atoms with Crippen molar-refractivity contribution in [2.75, 3.05) is 6.54 Å². The van der Waals surface area contributed by atoms with Crippen LogP contribution >= 0.6 is 0 Å². The number of benzene rings is 1. The van der Waals surface area contributed by atoms with Crippen molar-refractivity contribution in [3.8, 4) is 0 Å². The molecule has 12 heteroatoms. The van der Waals surface area contributed by atoms with Crippen LogP contribution in [0.4, 0.5) is 0 Å². The minimum atomic E-state index is -1.46. The van der Waals surface area contributed by atoms with E-state index in [0.29, 0.717) is 12.8 Å². The van der Waals surface area contributed by atoms with E-state index in [2.05, 4.69) is 21.3 Å². The molecule has 1 aromatic rings. The fourth-order valence-electron chi connectivity index (χ4n) is 5.23. The number of aliphatic carboxylic acids is 1. The van der Waals surface area contributed by atoms with E-state index in [1.807, 2.05) is 13.8 Å². The van der Waals surface area contributed by atoms with Gasteiger partial charge >= 0.3 is 5.97 Å². The molecule has 2 aliphatic rings. The van der Waals surface area contributed by atoms with Gasteiger partial charge in [-0.3, -0.25) is 28.8 Å². The first kappa shape index (κ1) is 31.6. The Morgan fingerprint density at radius 2 is 1.46 bits per heavy atom. The zero-order valence-corrected chi connectivity index (χ0v) is 24.0. The van der Waals surface area contributed by atoms with Gasteiger partial charge in [0.25, 0.3) is 0 Å². The second kappa shape index (κ2) is 14.1. The van der Waals surface area contributed by atoms with Crippen molar-refractivity contribution in [2.45, 2.75) is 90.0 Å². The second-order valence-electron chi connectivity index (χ2n) is 11.5. The molecule has 41 heavy (non-hydrogen) atoms. The SMILES string of the molecule is CC(C)C[C@@H]1NC(=O)[C@@H](C(C)C)NC(=O)[C@@H]2CCCN2C(=O)[C@@H](CC(=O)O)NC(=O)[C@@H](Cc2ccccc2)NC1=O. The highest BCUT2D eigenvalue weighted by Gasteiger charge is 2.41. The van der Waals surface area contributed by atoms with Crippen LogP contribution in [-0.4, -0.2) is 82.3 Å². The van der Waals surface area contributed by atoms with Gasteiger partial charge in [0.2, 0.25) is 29.5 Å². The molecule has 12 nitrogen and oxygen atoms in total. The monoisotopic (exact) mass is 571 g/mol. The number of rotatable bonds is 7. The Balaban J connectivity index is 2.06. The molecule has 0 saturated carbocycles. The van der Waals surface area contributed by atoms with Crippen LogP contribution in [0.15, 0.2) is 30.3 Å². The molecule has 5 amide bonds. The first-order chi connectivity index (χ1) is 19.4. The molecule has 0 spiro atoms. The largest absolute Gasteiger partial charge is 0.481 e. The van der Waals surface area contributed by atoms with E-state index < -0.39 is 72.1 Å². The maximum absolute atomic E-state index is 13.6. The zero-order valence-electron chi connectivity index (χ0n) is 24.0. The summed E-state index contributed by atoms with van der Waals surface area (Å²) in [6.07, 6.45) is 0.456. The summed E-state index contributed by atoms with van der Waals surface area (Å²) >= 11 is 0. The highest BCUT2D eigenvalue weighted by Crippen LogP contribution is 2.21. The van der Waals surface area contributed by atoms with Crippen molar-refractivity contribution in [3.63, 3.8) is 0 Å². The van der Waals surface area contributed by atoms with Gasteiger partial charge < -0.3 is 31.3 Å². The van der Waals surface area contributed by atoms with Gasteiger partial charge in [-0.05, 0) is 36.7 Å². The van der Waals surface area contributed by atoms with Gasteiger partial charge in [-0.1, -0.05) is 58.0 Å². The van der Waals surface area contributed by atoms with Gasteiger partial charge in [-0.25, -0.2) is 0 Å². The lowest BCUT2D eigenvalue weighted by Gasteiger charge is -2.30. The van der Waals surface area contributed by atoms with E-state index in [-0.39, 0.29) is 31.2 Å². The van der Waals surface area contributed by atoms with Gasteiger partial charge in [0, 0.05) is 13.0 Å². The average Bonchev–Trinajstić information content (AvgIpc) is 3.39. The van der Waals surface area contributed by atoms with Gasteiger partial charge in [0.1, 0.15) is 30.2 Å². The van der Waals surface area contributed by atoms with Crippen molar-refractivity contribution in [2.24, 2.45) is 11.8 Å². The molecule has 224 valence electrons. The van der Waals surface area contributed by atoms with Crippen LogP contribution in [0.25, 0.3) is 0 Å². The highest BCUT2D eigenvalue weighted by molar-refractivity contribution is 5.99. The van der Waals surface area contributed by atoms with Crippen LogP contribution in [0.5, 0.6) is 0 Å². The van der Waals surface area contributed by atoms with E-state index in [9.17, 15) is 33.9 Å². The number of carboxylic acid groups (broad SMARTS) is 1. The van der Waals surface area contributed by atoms with E-state index in [1.54, 1.807) is 44.2 Å². The molecule has 2 heterocycles. The lowest BCUT2D eigenvalue weighted by Crippen LogP contribution is -2.59. The lowest BCUT2D eigenvalue weighted by atomic mass is 9.98. The van der Waals surface area contributed by atoms with Crippen molar-refractivity contribution >= 4 is 35.5 Å². The van der Waals surface area contributed by atoms with Crippen LogP contribution in [0.1, 0.15) is 58.9 Å². The maximum atomic E-state index is 13.6. The van der Waals surface area contributed by atoms with Crippen molar-refractivity contribution < 1.29 is 33.9 Å². The van der Waals surface area contributed by atoms with E-state index in [0.717, 1.165) is 5.56 Å². The number of amides is 5. The molecular formula is C29H41N5O7. The Morgan fingerprint density at radius 1 is 0.854 bits per heavy atom. The molecule has 3 rings (SSSR count). The van der Waals surface area contributed by atoms with Crippen molar-refractivity contribution in [3.05, 3.63) is 35.9 Å². The summed E-state index contributed by atoms with van der Waals surface area (Å²) in [5, 5.41) is 20.3. The Hall–Kier alpha value is -3.96. The van der Waals surface area contributed by atoms with E-state index >= 15 is 0 Å². The van der Waals surface area contributed by atoms with Gasteiger partial charge in [-0.2, -0.15) is 0 Å². The number of hydrogen-bond donors (Lipinski definition) is 5. The van der Waals surface area contributed by atoms with Crippen LogP contribution < -0.4 is 21.3 Å². The molecule has 5 N–H and O–H groups in total.